The van der Waals surface area contributed by atoms with Gasteiger partial charge in [-0.3, -0.25) is 9.69 Å². The van der Waals surface area contributed by atoms with Crippen molar-refractivity contribution < 1.29 is 18.3 Å². The van der Waals surface area contributed by atoms with E-state index in [4.69, 9.17) is 4.74 Å². The fourth-order valence-corrected chi connectivity index (χ4v) is 4.02. The number of halogens is 2. The highest BCUT2D eigenvalue weighted by molar-refractivity contribution is 7.22. The van der Waals surface area contributed by atoms with Crippen LogP contribution < -0.4 is 9.64 Å². The smallest absolute Gasteiger partial charge is 0.260 e. The molecule has 3 rings (SSSR count). The third kappa shape index (κ3) is 5.31. The molecule has 1 amide bonds. The van der Waals surface area contributed by atoms with E-state index in [0.29, 0.717) is 34.1 Å². The van der Waals surface area contributed by atoms with E-state index in [1.165, 1.54) is 11.0 Å². The number of thiazole rings is 1. The van der Waals surface area contributed by atoms with Crippen LogP contribution in [0.5, 0.6) is 5.75 Å². The van der Waals surface area contributed by atoms with Crippen LogP contribution in [0.25, 0.3) is 10.2 Å². The van der Waals surface area contributed by atoms with Gasteiger partial charge >= 0.3 is 0 Å². The highest BCUT2D eigenvalue weighted by Gasteiger charge is 2.22. The first kappa shape index (κ1) is 22.1. The van der Waals surface area contributed by atoms with Gasteiger partial charge in [-0.15, -0.1) is 0 Å². The van der Waals surface area contributed by atoms with Crippen molar-refractivity contribution in [2.45, 2.75) is 26.4 Å². The number of benzene rings is 2. The van der Waals surface area contributed by atoms with E-state index in [1.54, 1.807) is 24.3 Å². The first-order valence-corrected chi connectivity index (χ1v) is 10.5. The van der Waals surface area contributed by atoms with Crippen molar-refractivity contribution in [3.63, 3.8) is 0 Å². The number of amides is 1. The molecule has 1 aromatic heterocycles. The van der Waals surface area contributed by atoms with Gasteiger partial charge in [-0.1, -0.05) is 11.3 Å². The summed E-state index contributed by atoms with van der Waals surface area (Å²) in [6.07, 6.45) is 0.743. The Bertz CT molecular complexity index is 1020. The van der Waals surface area contributed by atoms with Crippen LogP contribution in [-0.2, 0) is 0 Å². The summed E-state index contributed by atoms with van der Waals surface area (Å²) in [7, 11) is 3.91. The Morgan fingerprint density at radius 2 is 1.83 bits per heavy atom. The van der Waals surface area contributed by atoms with E-state index < -0.39 is 11.6 Å². The van der Waals surface area contributed by atoms with Gasteiger partial charge in [-0.25, -0.2) is 13.8 Å². The zero-order chi connectivity index (χ0) is 21.8. The molecule has 0 saturated carbocycles. The summed E-state index contributed by atoms with van der Waals surface area (Å²) in [6, 6.07) is 8.94. The molecule has 2 aromatic carbocycles. The Morgan fingerprint density at radius 3 is 2.47 bits per heavy atom. The van der Waals surface area contributed by atoms with Crippen molar-refractivity contribution in [3.05, 3.63) is 53.6 Å². The van der Waals surface area contributed by atoms with E-state index in [9.17, 15) is 13.6 Å². The lowest BCUT2D eigenvalue weighted by Crippen LogP contribution is -2.33. The number of ether oxygens (including phenoxy) is 1. The van der Waals surface area contributed by atoms with E-state index in [2.05, 4.69) is 4.98 Å². The Hall–Kier alpha value is -2.58. The lowest BCUT2D eigenvalue weighted by Gasteiger charge is -2.21. The monoisotopic (exact) mass is 433 g/mol. The number of hydrogen-bond donors (Lipinski definition) is 0. The number of nitrogens with zero attached hydrogens (tertiary/aromatic N) is 3. The van der Waals surface area contributed by atoms with Crippen LogP contribution in [-0.4, -0.2) is 49.1 Å². The van der Waals surface area contributed by atoms with E-state index in [1.807, 2.05) is 32.8 Å². The minimum atomic E-state index is -0.733. The summed E-state index contributed by atoms with van der Waals surface area (Å²) < 4.78 is 33.7. The second kappa shape index (κ2) is 9.49. The third-order valence-corrected chi connectivity index (χ3v) is 5.36. The normalized spacial score (nSPS) is 11.5. The third-order valence-electron chi connectivity index (χ3n) is 4.34. The molecule has 0 aliphatic heterocycles. The standard InChI is InChI=1S/C22H25F2N3O2S/c1-14(2)29-17-8-6-15(7-9-17)21(28)27(11-5-10-26(3)4)22-25-20-18(24)12-16(23)13-19(20)30-22/h6-9,12-14H,5,10-11H2,1-4H3. The summed E-state index contributed by atoms with van der Waals surface area (Å²) in [5, 5.41) is 0.348. The van der Waals surface area contributed by atoms with Crippen LogP contribution in [0.2, 0.25) is 0 Å². The summed E-state index contributed by atoms with van der Waals surface area (Å²) in [6.45, 7) is 5.05. The largest absolute Gasteiger partial charge is 0.491 e. The average molecular weight is 434 g/mol. The SMILES string of the molecule is CC(C)Oc1ccc(C(=O)N(CCCN(C)C)c2nc3c(F)cc(F)cc3s2)cc1. The van der Waals surface area contributed by atoms with Crippen LogP contribution in [0.15, 0.2) is 36.4 Å². The molecule has 0 N–H and O–H groups in total. The van der Waals surface area contributed by atoms with E-state index >= 15 is 0 Å². The predicted octanol–water partition coefficient (Wildman–Crippen LogP) is 4.96. The van der Waals surface area contributed by atoms with Gasteiger partial charge in [-0.05, 0) is 71.2 Å². The molecule has 0 bridgehead atoms. The molecule has 5 nitrogen and oxygen atoms in total. The molecule has 0 atom stereocenters. The number of carbonyl (C=O) groups is 1. The predicted molar refractivity (Wildman–Crippen MR) is 117 cm³/mol. The first-order chi connectivity index (χ1) is 14.2. The maximum absolute atomic E-state index is 14.1. The van der Waals surface area contributed by atoms with Crippen LogP contribution in [0, 0.1) is 11.6 Å². The van der Waals surface area contributed by atoms with Crippen LogP contribution in [0.1, 0.15) is 30.6 Å². The average Bonchev–Trinajstić information content (AvgIpc) is 3.08. The Balaban J connectivity index is 1.92. The molecule has 3 aromatic rings. The van der Waals surface area contributed by atoms with Crippen LogP contribution in [0.3, 0.4) is 0 Å². The number of anilines is 1. The number of aromatic nitrogens is 1. The lowest BCUT2D eigenvalue weighted by atomic mass is 10.2. The lowest BCUT2D eigenvalue weighted by molar-refractivity contribution is 0.0986. The molecular weight excluding hydrogens is 408 g/mol. The molecular formula is C22H25F2N3O2S. The van der Waals surface area contributed by atoms with Crippen molar-refractivity contribution in [2.75, 3.05) is 32.1 Å². The highest BCUT2D eigenvalue weighted by Crippen LogP contribution is 2.32. The minimum absolute atomic E-state index is 0.0344. The van der Waals surface area contributed by atoms with E-state index in [-0.39, 0.29) is 17.5 Å². The van der Waals surface area contributed by atoms with Crippen molar-refractivity contribution in [1.82, 2.24) is 9.88 Å². The molecule has 0 aliphatic carbocycles. The molecule has 8 heteroatoms. The van der Waals surface area contributed by atoms with Gasteiger partial charge in [-0.2, -0.15) is 0 Å². The first-order valence-electron chi connectivity index (χ1n) is 9.73. The quantitative estimate of drug-likeness (QED) is 0.504. The molecule has 0 unspecified atom stereocenters. The van der Waals surface area contributed by atoms with Gasteiger partial charge in [0.25, 0.3) is 5.91 Å². The maximum atomic E-state index is 14.1. The Labute approximate surface area is 178 Å². The molecule has 160 valence electrons. The summed E-state index contributed by atoms with van der Waals surface area (Å²) in [5.41, 5.74) is 0.546. The van der Waals surface area contributed by atoms with Gasteiger partial charge in [0, 0.05) is 18.2 Å². The molecule has 0 fully saturated rings. The molecule has 1 heterocycles. The zero-order valence-corrected chi connectivity index (χ0v) is 18.3. The minimum Gasteiger partial charge on any atom is -0.491 e. The van der Waals surface area contributed by atoms with Crippen molar-refractivity contribution >= 4 is 32.6 Å². The van der Waals surface area contributed by atoms with Crippen molar-refractivity contribution in [2.24, 2.45) is 0 Å². The summed E-state index contributed by atoms with van der Waals surface area (Å²) in [4.78, 5) is 21.1. The molecule has 0 spiro atoms. The van der Waals surface area contributed by atoms with Crippen LogP contribution >= 0.6 is 11.3 Å². The van der Waals surface area contributed by atoms with Crippen molar-refractivity contribution in [3.8, 4) is 5.75 Å². The second-order valence-corrected chi connectivity index (χ2v) is 8.54. The van der Waals surface area contributed by atoms with E-state index in [0.717, 1.165) is 23.9 Å². The molecule has 0 aliphatic rings. The van der Waals surface area contributed by atoms with Gasteiger partial charge in [0.15, 0.2) is 10.9 Å². The van der Waals surface area contributed by atoms with Gasteiger partial charge in [0.05, 0.1) is 10.8 Å². The topological polar surface area (TPSA) is 45.7 Å². The van der Waals surface area contributed by atoms with Crippen molar-refractivity contribution in [1.29, 1.82) is 0 Å². The highest BCUT2D eigenvalue weighted by atomic mass is 32.1. The van der Waals surface area contributed by atoms with Gasteiger partial charge in [0.2, 0.25) is 0 Å². The fraction of sp³-hybridized carbons (Fsp3) is 0.364. The van der Waals surface area contributed by atoms with Crippen LogP contribution in [0.4, 0.5) is 13.9 Å². The number of fused-ring (bicyclic) bond motifs is 1. The van der Waals surface area contributed by atoms with Gasteiger partial charge in [0.1, 0.15) is 17.1 Å². The molecule has 30 heavy (non-hydrogen) atoms. The Morgan fingerprint density at radius 1 is 1.13 bits per heavy atom. The maximum Gasteiger partial charge on any atom is 0.260 e. The summed E-state index contributed by atoms with van der Waals surface area (Å²) in [5.74, 6) is -0.965. The fourth-order valence-electron chi connectivity index (χ4n) is 2.99. The second-order valence-electron chi connectivity index (χ2n) is 7.54. The molecule has 0 radical (unpaired) electrons. The Kier molecular flexibility index (Phi) is 6.99. The molecule has 0 saturated heterocycles. The summed E-state index contributed by atoms with van der Waals surface area (Å²) >= 11 is 1.10. The number of rotatable bonds is 8. The number of hydrogen-bond acceptors (Lipinski definition) is 5. The van der Waals surface area contributed by atoms with Gasteiger partial charge < -0.3 is 9.64 Å². The zero-order valence-electron chi connectivity index (χ0n) is 17.5. The number of carbonyl (C=O) groups excluding carboxylic acids is 1.